The van der Waals surface area contributed by atoms with Gasteiger partial charge in [-0.1, -0.05) is 23.7 Å². The molecular weight excluding hydrogens is 296 g/mol. The highest BCUT2D eigenvalue weighted by Gasteiger charge is 2.12. The maximum Gasteiger partial charge on any atom is 0.160 e. The molecule has 0 amide bonds. The summed E-state index contributed by atoms with van der Waals surface area (Å²) >= 11 is 6.09. The number of aromatic nitrogens is 3. The summed E-state index contributed by atoms with van der Waals surface area (Å²) in [5, 5.41) is 0.756. The minimum absolute atomic E-state index is 0.754. The second kappa shape index (κ2) is 6.46. The quantitative estimate of drug-likeness (QED) is 0.725. The van der Waals surface area contributed by atoms with Crippen molar-refractivity contribution in [2.75, 3.05) is 20.6 Å². The number of imidazole rings is 1. The number of likely N-dealkylation sites (N-methyl/N-ethyl adjacent to an activating group) is 1. The third kappa shape index (κ3) is 3.29. The van der Waals surface area contributed by atoms with Crippen molar-refractivity contribution in [1.82, 2.24) is 19.4 Å². The first-order valence-electron chi connectivity index (χ1n) is 7.33. The van der Waals surface area contributed by atoms with Gasteiger partial charge < -0.3 is 9.47 Å². The predicted molar refractivity (Wildman–Crippen MR) is 90.3 cm³/mol. The van der Waals surface area contributed by atoms with E-state index in [1.54, 1.807) is 0 Å². The van der Waals surface area contributed by atoms with Crippen LogP contribution in [0.15, 0.2) is 42.6 Å². The summed E-state index contributed by atoms with van der Waals surface area (Å²) in [6.07, 6.45) is 2.57. The van der Waals surface area contributed by atoms with E-state index in [9.17, 15) is 0 Å². The normalized spacial score (nSPS) is 11.5. The van der Waals surface area contributed by atoms with Gasteiger partial charge in [0.2, 0.25) is 0 Å². The first-order chi connectivity index (χ1) is 10.6. The molecule has 3 aromatic rings. The molecule has 0 unspecified atom stereocenters. The fourth-order valence-corrected chi connectivity index (χ4v) is 2.72. The Bertz CT molecular complexity index is 779. The second-order valence-electron chi connectivity index (χ2n) is 5.64. The van der Waals surface area contributed by atoms with Crippen LogP contribution in [0.4, 0.5) is 0 Å². The highest BCUT2D eigenvalue weighted by molar-refractivity contribution is 6.30. The van der Waals surface area contributed by atoms with Gasteiger partial charge in [-0.2, -0.15) is 0 Å². The third-order valence-electron chi connectivity index (χ3n) is 3.60. The van der Waals surface area contributed by atoms with Crippen LogP contribution in [-0.4, -0.2) is 40.1 Å². The van der Waals surface area contributed by atoms with Crippen LogP contribution < -0.4 is 0 Å². The first-order valence-corrected chi connectivity index (χ1v) is 7.70. The molecule has 0 radical (unpaired) electrons. The summed E-state index contributed by atoms with van der Waals surface area (Å²) in [6, 6.07) is 11.9. The van der Waals surface area contributed by atoms with Crippen LogP contribution in [0.25, 0.3) is 11.2 Å². The molecule has 0 aliphatic carbocycles. The van der Waals surface area contributed by atoms with Crippen LogP contribution in [0.5, 0.6) is 0 Å². The molecule has 114 valence electrons. The van der Waals surface area contributed by atoms with Crippen molar-refractivity contribution in [3.05, 3.63) is 59.0 Å². The Hall–Kier alpha value is -1.91. The maximum absolute atomic E-state index is 6.09. The monoisotopic (exact) mass is 314 g/mol. The minimum atomic E-state index is 0.754. The maximum atomic E-state index is 6.09. The Labute approximate surface area is 135 Å². The molecule has 0 atom stereocenters. The number of rotatable bonds is 5. The molecule has 0 fully saturated rings. The van der Waals surface area contributed by atoms with E-state index in [2.05, 4.69) is 34.6 Å². The van der Waals surface area contributed by atoms with Crippen LogP contribution in [0.3, 0.4) is 0 Å². The average Bonchev–Trinajstić information content (AvgIpc) is 2.82. The lowest BCUT2D eigenvalue weighted by Gasteiger charge is -2.13. The summed E-state index contributed by atoms with van der Waals surface area (Å²) in [5.74, 6) is 1.03. The third-order valence-corrected chi connectivity index (χ3v) is 3.84. The molecule has 1 aromatic carbocycles. The zero-order valence-electron chi connectivity index (χ0n) is 12.8. The number of hydrogen-bond acceptors (Lipinski definition) is 3. The van der Waals surface area contributed by atoms with E-state index < -0.39 is 0 Å². The molecule has 0 saturated carbocycles. The number of fused-ring (bicyclic) bond motifs is 1. The number of benzene rings is 1. The summed E-state index contributed by atoms with van der Waals surface area (Å²) < 4.78 is 2.20. The zero-order valence-corrected chi connectivity index (χ0v) is 13.6. The van der Waals surface area contributed by atoms with Gasteiger partial charge in [0.25, 0.3) is 0 Å². The fourth-order valence-electron chi connectivity index (χ4n) is 2.50. The van der Waals surface area contributed by atoms with Crippen molar-refractivity contribution in [3.8, 4) is 0 Å². The number of halogens is 1. The summed E-state index contributed by atoms with van der Waals surface area (Å²) in [4.78, 5) is 11.4. The molecule has 0 N–H and O–H groups in total. The molecule has 0 aliphatic rings. The molecule has 22 heavy (non-hydrogen) atoms. The topological polar surface area (TPSA) is 34.0 Å². The van der Waals surface area contributed by atoms with E-state index in [0.29, 0.717) is 0 Å². The lowest BCUT2D eigenvalue weighted by molar-refractivity contribution is 0.383. The highest BCUT2D eigenvalue weighted by Crippen LogP contribution is 2.18. The van der Waals surface area contributed by atoms with Gasteiger partial charge in [0.1, 0.15) is 11.3 Å². The highest BCUT2D eigenvalue weighted by atomic mass is 35.5. The van der Waals surface area contributed by atoms with Gasteiger partial charge in [-0.25, -0.2) is 9.97 Å². The Kier molecular flexibility index (Phi) is 4.41. The number of nitrogens with zero attached hydrogens (tertiary/aromatic N) is 4. The largest absolute Gasteiger partial charge is 0.311 e. The Morgan fingerprint density at radius 3 is 2.82 bits per heavy atom. The second-order valence-corrected chi connectivity index (χ2v) is 6.07. The van der Waals surface area contributed by atoms with Gasteiger partial charge in [-0.05, 0) is 43.9 Å². The average molecular weight is 315 g/mol. The van der Waals surface area contributed by atoms with Crippen LogP contribution in [0, 0.1) is 0 Å². The van der Waals surface area contributed by atoms with Gasteiger partial charge in [0.05, 0.1) is 0 Å². The summed E-state index contributed by atoms with van der Waals surface area (Å²) in [6.45, 7) is 1.82. The van der Waals surface area contributed by atoms with Gasteiger partial charge in [-0.15, -0.1) is 0 Å². The van der Waals surface area contributed by atoms with E-state index in [1.165, 1.54) is 0 Å². The van der Waals surface area contributed by atoms with Gasteiger partial charge in [-0.3, -0.25) is 0 Å². The molecule has 0 aliphatic heterocycles. The Balaban J connectivity index is 1.98. The van der Waals surface area contributed by atoms with E-state index in [1.807, 2.05) is 36.5 Å². The van der Waals surface area contributed by atoms with E-state index in [-0.39, 0.29) is 0 Å². The van der Waals surface area contributed by atoms with Gasteiger partial charge in [0, 0.05) is 30.7 Å². The van der Waals surface area contributed by atoms with Crippen molar-refractivity contribution >= 4 is 22.8 Å². The smallest absolute Gasteiger partial charge is 0.160 e. The number of pyridine rings is 1. The standard InChI is InChI=1S/C17H19ClN4/c1-21(2)9-10-22-16(12-13-5-3-6-14(18)11-13)20-15-7-4-8-19-17(15)22/h3-8,11H,9-10,12H2,1-2H3. The fraction of sp³-hybridized carbons (Fsp3) is 0.294. The first kappa shape index (κ1) is 15.0. The van der Waals surface area contributed by atoms with Crippen molar-refractivity contribution in [3.63, 3.8) is 0 Å². The lowest BCUT2D eigenvalue weighted by atomic mass is 10.1. The Morgan fingerprint density at radius 1 is 1.18 bits per heavy atom. The van der Waals surface area contributed by atoms with E-state index >= 15 is 0 Å². The van der Waals surface area contributed by atoms with Crippen molar-refractivity contribution in [1.29, 1.82) is 0 Å². The molecule has 0 saturated heterocycles. The molecule has 2 aromatic heterocycles. The predicted octanol–water partition coefficient (Wildman–Crippen LogP) is 3.24. The molecule has 0 spiro atoms. The minimum Gasteiger partial charge on any atom is -0.311 e. The molecule has 2 heterocycles. The van der Waals surface area contributed by atoms with Crippen molar-refractivity contribution in [2.24, 2.45) is 0 Å². The van der Waals surface area contributed by atoms with Crippen molar-refractivity contribution < 1.29 is 0 Å². The van der Waals surface area contributed by atoms with Crippen LogP contribution in [-0.2, 0) is 13.0 Å². The summed E-state index contributed by atoms with van der Waals surface area (Å²) in [5.41, 5.74) is 3.05. The molecule has 3 rings (SSSR count). The zero-order chi connectivity index (χ0) is 15.5. The van der Waals surface area contributed by atoms with Gasteiger partial charge in [0.15, 0.2) is 5.65 Å². The van der Waals surface area contributed by atoms with Crippen molar-refractivity contribution in [2.45, 2.75) is 13.0 Å². The SMILES string of the molecule is CN(C)CCn1c(Cc2cccc(Cl)c2)nc2cccnc21. The van der Waals surface area contributed by atoms with E-state index in [4.69, 9.17) is 16.6 Å². The number of hydrogen-bond donors (Lipinski definition) is 0. The molecule has 4 nitrogen and oxygen atoms in total. The molecular formula is C17H19ClN4. The Morgan fingerprint density at radius 2 is 2.05 bits per heavy atom. The lowest BCUT2D eigenvalue weighted by Crippen LogP contribution is -2.19. The molecule has 5 heteroatoms. The van der Waals surface area contributed by atoms with E-state index in [0.717, 1.165) is 47.1 Å². The molecule has 0 bridgehead atoms. The summed E-state index contributed by atoms with van der Waals surface area (Å²) in [7, 11) is 4.15. The van der Waals surface area contributed by atoms with Gasteiger partial charge >= 0.3 is 0 Å². The van der Waals surface area contributed by atoms with Crippen LogP contribution in [0.1, 0.15) is 11.4 Å². The van der Waals surface area contributed by atoms with Crippen LogP contribution >= 0.6 is 11.6 Å². The van der Waals surface area contributed by atoms with Crippen LogP contribution in [0.2, 0.25) is 5.02 Å².